The largest absolute Gasteiger partial charge is 0.465 e. The van der Waals surface area contributed by atoms with Crippen LogP contribution < -0.4 is 0 Å². The van der Waals surface area contributed by atoms with E-state index < -0.39 is 29.4 Å². The maximum atomic E-state index is 11.9. The summed E-state index contributed by atoms with van der Waals surface area (Å²) >= 11 is 0. The van der Waals surface area contributed by atoms with Crippen molar-refractivity contribution in [2.75, 3.05) is 6.61 Å². The van der Waals surface area contributed by atoms with E-state index in [0.29, 0.717) is 0 Å². The highest BCUT2D eigenvalue weighted by Gasteiger charge is 2.48. The van der Waals surface area contributed by atoms with Crippen LogP contribution in [0.1, 0.15) is 34.6 Å². The molecule has 1 fully saturated rings. The molecular formula is C11H19NO5. The number of esters is 1. The quantitative estimate of drug-likeness (QED) is 0.707. The Morgan fingerprint density at radius 3 is 2.35 bits per heavy atom. The molecule has 1 amide bonds. The molecule has 6 heteroatoms. The molecule has 1 unspecified atom stereocenters. The first-order valence-corrected chi connectivity index (χ1v) is 5.44. The maximum absolute atomic E-state index is 11.9. The molecule has 0 aromatic heterocycles. The Kier molecular flexibility index (Phi) is 3.38. The number of rotatable bonds is 1. The molecule has 1 saturated heterocycles. The number of amides is 1. The van der Waals surface area contributed by atoms with Crippen molar-refractivity contribution < 1.29 is 24.2 Å². The van der Waals surface area contributed by atoms with Gasteiger partial charge >= 0.3 is 12.1 Å². The van der Waals surface area contributed by atoms with Gasteiger partial charge in [0.2, 0.25) is 0 Å². The summed E-state index contributed by atoms with van der Waals surface area (Å²) in [6.45, 7) is 8.43. The smallest absolute Gasteiger partial charge is 0.410 e. The summed E-state index contributed by atoms with van der Waals surface area (Å²) in [5, 5.41) is 9.10. The lowest BCUT2D eigenvalue weighted by molar-refractivity contribution is -0.160. The summed E-state index contributed by atoms with van der Waals surface area (Å²) in [7, 11) is 0. The van der Waals surface area contributed by atoms with E-state index in [0.717, 1.165) is 4.90 Å². The minimum Gasteiger partial charge on any atom is -0.465 e. The lowest BCUT2D eigenvalue weighted by Crippen LogP contribution is -2.51. The van der Waals surface area contributed by atoms with E-state index >= 15 is 0 Å². The predicted octanol–water partition coefficient (Wildman–Crippen LogP) is 1.44. The molecule has 1 N–H and O–H groups in total. The Bertz CT molecular complexity index is 331. The molecule has 1 atom stereocenters. The van der Waals surface area contributed by atoms with Crippen molar-refractivity contribution in [3.8, 4) is 0 Å². The second-order valence-corrected chi connectivity index (χ2v) is 5.46. The third-order valence-electron chi connectivity index (χ3n) is 2.37. The molecule has 1 aliphatic rings. The first-order chi connectivity index (χ1) is 7.54. The summed E-state index contributed by atoms with van der Waals surface area (Å²) in [5.74, 6) is -0.578. The molecule has 17 heavy (non-hydrogen) atoms. The van der Waals surface area contributed by atoms with Gasteiger partial charge in [-0.3, -0.25) is 4.90 Å². The molecule has 0 bridgehead atoms. The molecule has 0 aromatic carbocycles. The summed E-state index contributed by atoms with van der Waals surface area (Å²) in [5.41, 5.74) is -1.65. The number of hydrogen-bond donors (Lipinski definition) is 1. The molecule has 0 spiro atoms. The molecule has 1 rings (SSSR count). The van der Waals surface area contributed by atoms with Crippen molar-refractivity contribution in [2.24, 2.45) is 0 Å². The Morgan fingerprint density at radius 2 is 1.94 bits per heavy atom. The second kappa shape index (κ2) is 4.18. The van der Waals surface area contributed by atoms with Crippen LogP contribution in [0, 0.1) is 0 Å². The number of ether oxygens (including phenoxy) is 2. The predicted molar refractivity (Wildman–Crippen MR) is 59.5 cm³/mol. The fourth-order valence-corrected chi connectivity index (χ4v) is 1.71. The molecule has 0 aliphatic carbocycles. The number of nitrogens with zero attached hydrogens (tertiary/aromatic N) is 1. The van der Waals surface area contributed by atoms with E-state index in [4.69, 9.17) is 14.6 Å². The summed E-state index contributed by atoms with van der Waals surface area (Å²) < 4.78 is 10.5. The first kappa shape index (κ1) is 13.8. The number of carbonyl (C=O) groups is 2. The summed E-state index contributed by atoms with van der Waals surface area (Å²) in [6.07, 6.45) is -1.19. The van der Waals surface area contributed by atoms with E-state index in [1.54, 1.807) is 34.6 Å². The van der Waals surface area contributed by atoms with Crippen LogP contribution in [0.2, 0.25) is 0 Å². The van der Waals surface area contributed by atoms with E-state index in [1.807, 2.05) is 0 Å². The van der Waals surface area contributed by atoms with Crippen LogP contribution >= 0.6 is 0 Å². The highest BCUT2D eigenvalue weighted by atomic mass is 16.6. The van der Waals surface area contributed by atoms with Crippen LogP contribution in [0.4, 0.5) is 4.79 Å². The average Bonchev–Trinajstić information content (AvgIpc) is 2.37. The Hall–Kier alpha value is -1.30. The average molecular weight is 245 g/mol. The van der Waals surface area contributed by atoms with Crippen LogP contribution in [-0.2, 0) is 14.3 Å². The van der Waals surface area contributed by atoms with Crippen LogP contribution in [0.5, 0.6) is 0 Å². The van der Waals surface area contributed by atoms with Crippen LogP contribution in [0.3, 0.4) is 0 Å². The summed E-state index contributed by atoms with van der Waals surface area (Å²) in [4.78, 5) is 24.0. The first-order valence-electron chi connectivity index (χ1n) is 5.44. The van der Waals surface area contributed by atoms with E-state index in [-0.39, 0.29) is 6.61 Å². The molecule has 0 radical (unpaired) electrons. The zero-order valence-corrected chi connectivity index (χ0v) is 10.8. The van der Waals surface area contributed by atoms with Crippen molar-refractivity contribution in [3.05, 3.63) is 0 Å². The van der Waals surface area contributed by atoms with Gasteiger partial charge in [0, 0.05) is 0 Å². The maximum Gasteiger partial charge on any atom is 0.410 e. The monoisotopic (exact) mass is 245 g/mol. The highest BCUT2D eigenvalue weighted by molar-refractivity contribution is 5.82. The second-order valence-electron chi connectivity index (χ2n) is 5.46. The number of carboxylic acid groups (broad SMARTS) is 1. The van der Waals surface area contributed by atoms with Crippen LogP contribution in [0.25, 0.3) is 0 Å². The van der Waals surface area contributed by atoms with E-state index in [1.165, 1.54) is 0 Å². The van der Waals surface area contributed by atoms with Gasteiger partial charge in [0.05, 0.1) is 6.61 Å². The molecule has 0 saturated carbocycles. The minimum absolute atomic E-state index is 0.0220. The number of carbonyl (C=O) groups excluding carboxylic acids is 1. The fourth-order valence-electron chi connectivity index (χ4n) is 1.71. The van der Waals surface area contributed by atoms with E-state index in [2.05, 4.69) is 0 Å². The van der Waals surface area contributed by atoms with Crippen LogP contribution in [0.15, 0.2) is 0 Å². The third-order valence-corrected chi connectivity index (χ3v) is 2.37. The summed E-state index contributed by atoms with van der Waals surface area (Å²) in [6, 6.07) is -0.901. The van der Waals surface area contributed by atoms with Gasteiger partial charge in [0.1, 0.15) is 11.3 Å². The van der Waals surface area contributed by atoms with Crippen molar-refractivity contribution >= 4 is 12.1 Å². The molecular weight excluding hydrogens is 226 g/mol. The van der Waals surface area contributed by atoms with Gasteiger partial charge < -0.3 is 14.6 Å². The highest BCUT2D eigenvalue weighted by Crippen LogP contribution is 2.28. The zero-order chi connectivity index (χ0) is 13.4. The van der Waals surface area contributed by atoms with Crippen LogP contribution in [-0.4, -0.2) is 46.0 Å². The fraction of sp³-hybridized carbons (Fsp3) is 0.818. The van der Waals surface area contributed by atoms with Gasteiger partial charge in [0.25, 0.3) is 0 Å². The lowest BCUT2D eigenvalue weighted by atomic mass is 10.2. The lowest BCUT2D eigenvalue weighted by Gasteiger charge is -2.31. The standard InChI is InChI=1S/C11H19NO5/c1-10(2,3)17-8(13)7-6-16-11(4,5)12(7)9(14)15/h7H,6H2,1-5H3,(H,14,15). The Labute approximate surface area is 100 Å². The van der Waals surface area contributed by atoms with Gasteiger partial charge in [-0.2, -0.15) is 0 Å². The zero-order valence-electron chi connectivity index (χ0n) is 10.8. The van der Waals surface area contributed by atoms with E-state index in [9.17, 15) is 9.59 Å². The van der Waals surface area contributed by atoms with Crippen molar-refractivity contribution in [3.63, 3.8) is 0 Å². The molecule has 98 valence electrons. The molecule has 6 nitrogen and oxygen atoms in total. The molecule has 0 aromatic rings. The molecule has 1 aliphatic heterocycles. The molecule has 1 heterocycles. The van der Waals surface area contributed by atoms with Crippen molar-refractivity contribution in [2.45, 2.75) is 52.0 Å². The SMILES string of the molecule is CC(C)(C)OC(=O)C1COC(C)(C)N1C(=O)O. The topological polar surface area (TPSA) is 76.1 Å². The normalized spacial score (nSPS) is 23.6. The van der Waals surface area contributed by atoms with Crippen molar-refractivity contribution in [1.29, 1.82) is 0 Å². The Balaban J connectivity index is 2.85. The third kappa shape index (κ3) is 3.09. The Morgan fingerprint density at radius 1 is 1.41 bits per heavy atom. The van der Waals surface area contributed by atoms with Gasteiger partial charge in [-0.15, -0.1) is 0 Å². The van der Waals surface area contributed by atoms with Crippen molar-refractivity contribution in [1.82, 2.24) is 4.90 Å². The van der Waals surface area contributed by atoms with Gasteiger partial charge in [-0.05, 0) is 34.6 Å². The van der Waals surface area contributed by atoms with Gasteiger partial charge in [-0.25, -0.2) is 9.59 Å². The van der Waals surface area contributed by atoms with Gasteiger partial charge in [-0.1, -0.05) is 0 Å². The van der Waals surface area contributed by atoms with Gasteiger partial charge in [0.15, 0.2) is 6.04 Å². The number of hydrogen-bond acceptors (Lipinski definition) is 4. The minimum atomic E-state index is -1.19.